The van der Waals surface area contributed by atoms with Crippen LogP contribution < -0.4 is 4.74 Å². The molecule has 0 unspecified atom stereocenters. The quantitative estimate of drug-likeness (QED) is 0.422. The van der Waals surface area contributed by atoms with Crippen molar-refractivity contribution < 1.29 is 27.5 Å². The van der Waals surface area contributed by atoms with Crippen LogP contribution in [0.1, 0.15) is 41.5 Å². The molecule has 0 N–H and O–H groups in total. The van der Waals surface area contributed by atoms with Crippen LogP contribution in [0.2, 0.25) is 0 Å². The maximum Gasteiger partial charge on any atom is 0.343 e. The largest absolute Gasteiger partial charge is 0.423 e. The second-order valence-electron chi connectivity index (χ2n) is 7.08. The molecule has 3 rings (SSSR count). The number of esters is 1. The summed E-state index contributed by atoms with van der Waals surface area (Å²) in [5.74, 6) is -0.502. The fourth-order valence-corrected chi connectivity index (χ4v) is 4.82. The lowest BCUT2D eigenvalue weighted by molar-refractivity contribution is -0.0440. The van der Waals surface area contributed by atoms with Crippen molar-refractivity contribution >= 4 is 21.8 Å². The first kappa shape index (κ1) is 21.2. The minimum Gasteiger partial charge on any atom is -0.423 e. The third kappa shape index (κ3) is 4.90. The van der Waals surface area contributed by atoms with Crippen molar-refractivity contribution in [2.24, 2.45) is 0 Å². The first-order valence-corrected chi connectivity index (χ1v) is 10.7. The van der Waals surface area contributed by atoms with E-state index in [1.807, 2.05) is 13.8 Å². The molecule has 0 aliphatic carbocycles. The third-order valence-corrected chi connectivity index (χ3v) is 6.39. The van der Waals surface area contributed by atoms with E-state index in [2.05, 4.69) is 0 Å². The van der Waals surface area contributed by atoms with Crippen LogP contribution in [-0.4, -0.2) is 49.8 Å². The van der Waals surface area contributed by atoms with Crippen molar-refractivity contribution in [3.63, 3.8) is 0 Å². The third-order valence-electron chi connectivity index (χ3n) is 4.57. The highest BCUT2D eigenvalue weighted by Gasteiger charge is 2.32. The van der Waals surface area contributed by atoms with E-state index in [0.29, 0.717) is 5.56 Å². The van der Waals surface area contributed by atoms with E-state index >= 15 is 0 Å². The van der Waals surface area contributed by atoms with Crippen LogP contribution in [-0.2, 0) is 14.8 Å². The van der Waals surface area contributed by atoms with E-state index in [-0.39, 0.29) is 47.3 Å². The van der Waals surface area contributed by atoms with Gasteiger partial charge in [-0.3, -0.25) is 4.79 Å². The number of hydrogen-bond acceptors (Lipinski definition) is 6. The molecule has 7 nitrogen and oxygen atoms in total. The Morgan fingerprint density at radius 2 is 1.62 bits per heavy atom. The van der Waals surface area contributed by atoms with E-state index in [1.54, 1.807) is 12.1 Å². The van der Waals surface area contributed by atoms with Crippen molar-refractivity contribution in [3.8, 4) is 5.75 Å². The molecule has 0 bridgehead atoms. The van der Waals surface area contributed by atoms with Crippen LogP contribution in [0.3, 0.4) is 0 Å². The van der Waals surface area contributed by atoms with E-state index in [4.69, 9.17) is 9.47 Å². The summed E-state index contributed by atoms with van der Waals surface area (Å²) in [6.45, 7) is 5.60. The molecule has 0 radical (unpaired) electrons. The number of carbonyl (C=O) groups is 2. The standard InChI is InChI=1S/C21H23NO6S/c1-14-12-22(13-15(2)27-14)29(25,26)20-6-4-5-18(11-20)21(24)28-19-9-7-17(8-10-19)16(3)23/h4-11,14-15H,12-13H2,1-3H3/t14-,15-/m1/s1. The molecule has 2 atom stereocenters. The van der Waals surface area contributed by atoms with Crippen LogP contribution in [0.5, 0.6) is 5.75 Å². The molecule has 1 saturated heterocycles. The topological polar surface area (TPSA) is 90.0 Å². The summed E-state index contributed by atoms with van der Waals surface area (Å²) in [5, 5.41) is 0. The van der Waals surface area contributed by atoms with E-state index < -0.39 is 16.0 Å². The summed E-state index contributed by atoms with van der Waals surface area (Å²) in [5.41, 5.74) is 0.628. The lowest BCUT2D eigenvalue weighted by atomic mass is 10.1. The number of rotatable bonds is 5. The maximum absolute atomic E-state index is 13.0. The van der Waals surface area contributed by atoms with Crippen LogP contribution in [0.4, 0.5) is 0 Å². The summed E-state index contributed by atoms with van der Waals surface area (Å²) in [6.07, 6.45) is -0.417. The van der Waals surface area contributed by atoms with Crippen molar-refractivity contribution in [2.75, 3.05) is 13.1 Å². The summed E-state index contributed by atoms with van der Waals surface area (Å²) >= 11 is 0. The normalized spacial score (nSPS) is 20.2. The monoisotopic (exact) mass is 417 g/mol. The van der Waals surface area contributed by atoms with Crippen LogP contribution in [0, 0.1) is 0 Å². The van der Waals surface area contributed by atoms with Gasteiger partial charge < -0.3 is 9.47 Å². The lowest BCUT2D eigenvalue weighted by Gasteiger charge is -2.34. The Morgan fingerprint density at radius 1 is 1.00 bits per heavy atom. The number of carbonyl (C=O) groups excluding carboxylic acids is 2. The van der Waals surface area contributed by atoms with Crippen LogP contribution >= 0.6 is 0 Å². The van der Waals surface area contributed by atoms with Crippen molar-refractivity contribution in [1.82, 2.24) is 4.31 Å². The fourth-order valence-electron chi connectivity index (χ4n) is 3.18. The van der Waals surface area contributed by atoms with Gasteiger partial charge in [0.05, 0.1) is 22.7 Å². The molecule has 8 heteroatoms. The first-order chi connectivity index (χ1) is 13.7. The molecule has 0 saturated carbocycles. The number of ketones is 1. The van der Waals surface area contributed by atoms with Gasteiger partial charge in [0.2, 0.25) is 10.0 Å². The van der Waals surface area contributed by atoms with Gasteiger partial charge in [-0.2, -0.15) is 4.31 Å². The maximum atomic E-state index is 13.0. The number of ether oxygens (including phenoxy) is 2. The van der Waals surface area contributed by atoms with Gasteiger partial charge in [-0.15, -0.1) is 0 Å². The van der Waals surface area contributed by atoms with E-state index in [9.17, 15) is 18.0 Å². The Balaban J connectivity index is 1.79. The van der Waals surface area contributed by atoms with Gasteiger partial charge in [0.1, 0.15) is 5.75 Å². The highest BCUT2D eigenvalue weighted by molar-refractivity contribution is 7.89. The second kappa shape index (κ2) is 8.44. The number of benzene rings is 2. The number of morpholine rings is 1. The number of nitrogens with zero attached hydrogens (tertiary/aromatic N) is 1. The Hall–Kier alpha value is -2.55. The molecule has 2 aromatic carbocycles. The van der Waals surface area contributed by atoms with Gasteiger partial charge in [0, 0.05) is 18.7 Å². The van der Waals surface area contributed by atoms with Gasteiger partial charge in [-0.1, -0.05) is 6.07 Å². The van der Waals surface area contributed by atoms with Gasteiger partial charge >= 0.3 is 5.97 Å². The summed E-state index contributed by atoms with van der Waals surface area (Å²) in [6, 6.07) is 11.9. The summed E-state index contributed by atoms with van der Waals surface area (Å²) in [7, 11) is -3.76. The molecule has 0 spiro atoms. The molecule has 154 valence electrons. The van der Waals surface area contributed by atoms with Crippen LogP contribution in [0.15, 0.2) is 53.4 Å². The molecule has 0 aromatic heterocycles. The lowest BCUT2D eigenvalue weighted by Crippen LogP contribution is -2.48. The zero-order valence-electron chi connectivity index (χ0n) is 16.5. The molecule has 29 heavy (non-hydrogen) atoms. The Labute approximate surface area is 170 Å². The minimum atomic E-state index is -3.76. The zero-order valence-corrected chi connectivity index (χ0v) is 17.3. The predicted octanol–water partition coefficient (Wildman–Crippen LogP) is 2.91. The van der Waals surface area contributed by atoms with E-state index in [0.717, 1.165) is 0 Å². The van der Waals surface area contributed by atoms with Crippen LogP contribution in [0.25, 0.3) is 0 Å². The molecular formula is C21H23NO6S. The Bertz CT molecular complexity index is 1010. The van der Waals surface area contributed by atoms with Crippen molar-refractivity contribution in [3.05, 3.63) is 59.7 Å². The SMILES string of the molecule is CC(=O)c1ccc(OC(=O)c2cccc(S(=O)(=O)N3C[C@@H](C)O[C@H](C)C3)c2)cc1. The van der Waals surface area contributed by atoms with E-state index in [1.165, 1.54) is 47.6 Å². The summed E-state index contributed by atoms with van der Waals surface area (Å²) < 4.78 is 38.3. The number of sulfonamides is 1. The molecular weight excluding hydrogens is 394 g/mol. The van der Waals surface area contributed by atoms with Gasteiger partial charge in [0.25, 0.3) is 0 Å². The number of Topliss-reactive ketones (excluding diaryl/α,β-unsaturated/α-hetero) is 1. The van der Waals surface area contributed by atoms with Gasteiger partial charge in [-0.25, -0.2) is 13.2 Å². The Kier molecular flexibility index (Phi) is 6.16. The second-order valence-corrected chi connectivity index (χ2v) is 9.02. The first-order valence-electron chi connectivity index (χ1n) is 9.25. The average Bonchev–Trinajstić information content (AvgIpc) is 2.67. The fraction of sp³-hybridized carbons (Fsp3) is 0.333. The highest BCUT2D eigenvalue weighted by atomic mass is 32.2. The average molecular weight is 417 g/mol. The molecule has 1 aliphatic rings. The molecule has 0 amide bonds. The predicted molar refractivity (Wildman–Crippen MR) is 107 cm³/mol. The summed E-state index contributed by atoms with van der Waals surface area (Å²) in [4.78, 5) is 23.8. The van der Waals surface area contributed by atoms with Gasteiger partial charge in [0.15, 0.2) is 5.78 Å². The minimum absolute atomic E-state index is 0.0279. The molecule has 1 heterocycles. The number of hydrogen-bond donors (Lipinski definition) is 0. The smallest absolute Gasteiger partial charge is 0.343 e. The zero-order chi connectivity index (χ0) is 21.2. The van der Waals surface area contributed by atoms with Gasteiger partial charge in [-0.05, 0) is 63.2 Å². The Morgan fingerprint density at radius 3 is 2.21 bits per heavy atom. The molecule has 1 aliphatic heterocycles. The highest BCUT2D eigenvalue weighted by Crippen LogP contribution is 2.23. The molecule has 1 fully saturated rings. The van der Waals surface area contributed by atoms with Crippen molar-refractivity contribution in [2.45, 2.75) is 37.9 Å². The molecule has 2 aromatic rings. The van der Waals surface area contributed by atoms with Crippen molar-refractivity contribution in [1.29, 1.82) is 0 Å².